The molecule has 1 atom stereocenters. The number of nitrogens with two attached hydrogens (primary N) is 1. The monoisotopic (exact) mass is 198 g/mol. The van der Waals surface area contributed by atoms with E-state index in [-0.39, 0.29) is 11.9 Å². The van der Waals surface area contributed by atoms with Crippen LogP contribution in [0.2, 0.25) is 0 Å². The summed E-state index contributed by atoms with van der Waals surface area (Å²) in [4.78, 5) is 13.3. The number of unbranched alkanes of at least 4 members (excludes halogenated alkanes) is 1. The number of allylic oxidation sites excluding steroid dienone is 1. The highest BCUT2D eigenvalue weighted by Crippen LogP contribution is 2.00. The van der Waals surface area contributed by atoms with Crippen molar-refractivity contribution in [1.82, 2.24) is 4.90 Å². The van der Waals surface area contributed by atoms with Gasteiger partial charge in [-0.15, -0.1) is 6.58 Å². The first-order valence-corrected chi connectivity index (χ1v) is 5.25. The Morgan fingerprint density at radius 2 is 2.29 bits per heavy atom. The van der Waals surface area contributed by atoms with Gasteiger partial charge in [-0.05, 0) is 19.3 Å². The quantitative estimate of drug-likeness (QED) is 0.498. The van der Waals surface area contributed by atoms with E-state index in [0.29, 0.717) is 0 Å². The highest BCUT2D eigenvalue weighted by Gasteiger charge is 2.15. The number of hydrogen-bond acceptors (Lipinski definition) is 2. The van der Waals surface area contributed by atoms with Crippen molar-refractivity contribution in [2.45, 2.75) is 38.6 Å². The van der Waals surface area contributed by atoms with Gasteiger partial charge in [0.2, 0.25) is 5.91 Å². The standard InChI is InChI=1S/C11H22N2O/c1-4-6-7-9-13(3)11(14)10(12)8-5-2/h4,10H,1,5-9,12H2,2-3H3/t10-/m1/s1. The smallest absolute Gasteiger partial charge is 0.239 e. The molecule has 0 aromatic carbocycles. The molecule has 0 aromatic rings. The van der Waals surface area contributed by atoms with Crippen molar-refractivity contribution >= 4 is 5.91 Å². The van der Waals surface area contributed by atoms with E-state index in [9.17, 15) is 4.79 Å². The second-order valence-corrected chi connectivity index (χ2v) is 3.59. The lowest BCUT2D eigenvalue weighted by Gasteiger charge is -2.20. The van der Waals surface area contributed by atoms with Crippen molar-refractivity contribution < 1.29 is 4.79 Å². The van der Waals surface area contributed by atoms with E-state index >= 15 is 0 Å². The number of carbonyl (C=O) groups excluding carboxylic acids is 1. The Balaban J connectivity index is 3.79. The largest absolute Gasteiger partial charge is 0.344 e. The predicted octanol–water partition coefficient (Wildman–Crippen LogP) is 1.54. The lowest BCUT2D eigenvalue weighted by atomic mass is 10.1. The van der Waals surface area contributed by atoms with Gasteiger partial charge < -0.3 is 10.6 Å². The third-order valence-electron chi connectivity index (χ3n) is 2.19. The Kier molecular flexibility index (Phi) is 7.11. The Bertz CT molecular complexity index is 180. The second kappa shape index (κ2) is 7.56. The lowest BCUT2D eigenvalue weighted by molar-refractivity contribution is -0.131. The molecule has 3 nitrogen and oxygen atoms in total. The molecule has 0 bridgehead atoms. The van der Waals surface area contributed by atoms with Gasteiger partial charge in [0.1, 0.15) is 0 Å². The first-order valence-electron chi connectivity index (χ1n) is 5.25. The van der Waals surface area contributed by atoms with Crippen LogP contribution in [0.25, 0.3) is 0 Å². The van der Waals surface area contributed by atoms with Gasteiger partial charge in [-0.1, -0.05) is 19.4 Å². The molecule has 0 aromatic heterocycles. The Morgan fingerprint density at radius 3 is 2.79 bits per heavy atom. The summed E-state index contributed by atoms with van der Waals surface area (Å²) in [5.74, 6) is 0.0518. The molecule has 0 saturated heterocycles. The summed E-state index contributed by atoms with van der Waals surface area (Å²) < 4.78 is 0. The zero-order chi connectivity index (χ0) is 11.0. The lowest BCUT2D eigenvalue weighted by Crippen LogP contribution is -2.41. The van der Waals surface area contributed by atoms with E-state index < -0.39 is 0 Å². The van der Waals surface area contributed by atoms with Gasteiger partial charge in [-0.25, -0.2) is 0 Å². The van der Waals surface area contributed by atoms with Gasteiger partial charge >= 0.3 is 0 Å². The van der Waals surface area contributed by atoms with Crippen molar-refractivity contribution in [2.75, 3.05) is 13.6 Å². The van der Waals surface area contributed by atoms with Crippen molar-refractivity contribution in [2.24, 2.45) is 5.73 Å². The molecule has 82 valence electrons. The Morgan fingerprint density at radius 1 is 1.64 bits per heavy atom. The van der Waals surface area contributed by atoms with E-state index in [4.69, 9.17) is 5.73 Å². The van der Waals surface area contributed by atoms with Gasteiger partial charge in [0.05, 0.1) is 6.04 Å². The van der Waals surface area contributed by atoms with E-state index in [1.807, 2.05) is 13.0 Å². The highest BCUT2D eigenvalue weighted by atomic mass is 16.2. The number of likely N-dealkylation sites (N-methyl/N-ethyl adjacent to an activating group) is 1. The molecule has 0 spiro atoms. The summed E-state index contributed by atoms with van der Waals surface area (Å²) in [6, 6.07) is -0.325. The summed E-state index contributed by atoms with van der Waals surface area (Å²) in [6.45, 7) is 6.44. The fourth-order valence-corrected chi connectivity index (χ4v) is 1.30. The molecular formula is C11H22N2O. The van der Waals surface area contributed by atoms with Crippen LogP contribution in [0.3, 0.4) is 0 Å². The molecule has 14 heavy (non-hydrogen) atoms. The van der Waals surface area contributed by atoms with Gasteiger partial charge in [-0.2, -0.15) is 0 Å². The van der Waals surface area contributed by atoms with Crippen LogP contribution < -0.4 is 5.73 Å². The van der Waals surface area contributed by atoms with Crippen molar-refractivity contribution in [3.63, 3.8) is 0 Å². The van der Waals surface area contributed by atoms with Gasteiger partial charge in [0.15, 0.2) is 0 Å². The summed E-state index contributed by atoms with van der Waals surface area (Å²) in [5.41, 5.74) is 5.72. The number of rotatable bonds is 7. The van der Waals surface area contributed by atoms with Crippen LogP contribution in [0.15, 0.2) is 12.7 Å². The number of amides is 1. The first-order chi connectivity index (χ1) is 6.63. The molecule has 0 saturated carbocycles. The Labute approximate surface area is 87.0 Å². The Hall–Kier alpha value is -0.830. The van der Waals surface area contributed by atoms with Crippen LogP contribution in [0.5, 0.6) is 0 Å². The predicted molar refractivity (Wildman–Crippen MR) is 60.0 cm³/mol. The van der Waals surface area contributed by atoms with Crippen LogP contribution >= 0.6 is 0 Å². The number of carbonyl (C=O) groups is 1. The minimum absolute atomic E-state index is 0.0518. The highest BCUT2D eigenvalue weighted by molar-refractivity contribution is 5.81. The molecule has 3 heteroatoms. The fourth-order valence-electron chi connectivity index (χ4n) is 1.30. The molecule has 0 aliphatic heterocycles. The maximum atomic E-state index is 11.6. The average molecular weight is 198 g/mol. The van der Waals surface area contributed by atoms with E-state index in [0.717, 1.165) is 32.2 Å². The zero-order valence-corrected chi connectivity index (χ0v) is 9.33. The molecular weight excluding hydrogens is 176 g/mol. The van der Waals surface area contributed by atoms with Crippen LogP contribution in [0.1, 0.15) is 32.6 Å². The maximum Gasteiger partial charge on any atom is 0.239 e. The molecule has 0 fully saturated rings. The average Bonchev–Trinajstić information content (AvgIpc) is 2.17. The molecule has 0 aliphatic rings. The molecule has 2 N–H and O–H groups in total. The first kappa shape index (κ1) is 13.2. The summed E-state index contributed by atoms with van der Waals surface area (Å²) in [5, 5.41) is 0. The summed E-state index contributed by atoms with van der Waals surface area (Å²) in [6.07, 6.45) is 5.49. The molecule has 0 radical (unpaired) electrons. The van der Waals surface area contributed by atoms with Crippen LogP contribution in [0.4, 0.5) is 0 Å². The topological polar surface area (TPSA) is 46.3 Å². The van der Waals surface area contributed by atoms with Crippen LogP contribution in [-0.4, -0.2) is 30.4 Å². The third kappa shape index (κ3) is 5.02. The van der Waals surface area contributed by atoms with E-state index in [1.54, 1.807) is 11.9 Å². The number of nitrogens with zero attached hydrogens (tertiary/aromatic N) is 1. The van der Waals surface area contributed by atoms with Crippen molar-refractivity contribution in [3.8, 4) is 0 Å². The fraction of sp³-hybridized carbons (Fsp3) is 0.727. The van der Waals surface area contributed by atoms with Crippen LogP contribution in [-0.2, 0) is 4.79 Å². The summed E-state index contributed by atoms with van der Waals surface area (Å²) >= 11 is 0. The molecule has 0 unspecified atom stereocenters. The minimum atomic E-state index is -0.325. The van der Waals surface area contributed by atoms with Gasteiger partial charge in [-0.3, -0.25) is 4.79 Å². The number of hydrogen-bond donors (Lipinski definition) is 1. The third-order valence-corrected chi connectivity index (χ3v) is 2.19. The SMILES string of the molecule is C=CCCCN(C)C(=O)[C@H](N)CCC. The van der Waals surface area contributed by atoms with E-state index in [1.165, 1.54) is 0 Å². The molecule has 0 heterocycles. The van der Waals surface area contributed by atoms with Gasteiger partial charge in [0.25, 0.3) is 0 Å². The molecule has 0 aliphatic carbocycles. The normalized spacial score (nSPS) is 12.2. The molecule has 0 rings (SSSR count). The van der Waals surface area contributed by atoms with Crippen LogP contribution in [0, 0.1) is 0 Å². The maximum absolute atomic E-state index is 11.6. The summed E-state index contributed by atoms with van der Waals surface area (Å²) in [7, 11) is 1.81. The minimum Gasteiger partial charge on any atom is -0.344 e. The van der Waals surface area contributed by atoms with Crippen molar-refractivity contribution in [3.05, 3.63) is 12.7 Å². The zero-order valence-electron chi connectivity index (χ0n) is 9.33. The second-order valence-electron chi connectivity index (χ2n) is 3.59. The van der Waals surface area contributed by atoms with Gasteiger partial charge in [0, 0.05) is 13.6 Å². The molecule has 1 amide bonds. The van der Waals surface area contributed by atoms with Crippen molar-refractivity contribution in [1.29, 1.82) is 0 Å². The van der Waals surface area contributed by atoms with E-state index in [2.05, 4.69) is 6.58 Å².